The van der Waals surface area contributed by atoms with Gasteiger partial charge in [0.2, 0.25) is 0 Å². The van der Waals surface area contributed by atoms with E-state index in [1.165, 1.54) is 107 Å². The predicted molar refractivity (Wildman–Crippen MR) is 351 cm³/mol. The number of unbranched alkanes of at least 4 members (excludes halogenated alkanes) is 4. The van der Waals surface area contributed by atoms with Crippen molar-refractivity contribution in [2.75, 3.05) is 14.7 Å². The molecule has 3 heteroatoms. The first-order valence-electron chi connectivity index (χ1n) is 30.1. The molecule has 0 N–H and O–H groups in total. The van der Waals surface area contributed by atoms with Gasteiger partial charge < -0.3 is 14.7 Å². The minimum atomic E-state index is 1.10. The first kappa shape index (κ1) is 55.9. The number of nitrogens with zero attached hydrogens (tertiary/aromatic N) is 3. The van der Waals surface area contributed by atoms with Gasteiger partial charge in [-0.25, -0.2) is 0 Å². The molecule has 0 bridgehead atoms. The Morgan fingerprint density at radius 2 is 0.383 bits per heavy atom. The maximum Gasteiger partial charge on any atom is 0.0462 e. The summed E-state index contributed by atoms with van der Waals surface area (Å²) < 4.78 is 0. The van der Waals surface area contributed by atoms with Gasteiger partial charge in [0.1, 0.15) is 0 Å². The fraction of sp³-hybridized carbons (Fsp3) is 0.231. The second kappa shape index (κ2) is 27.2. The van der Waals surface area contributed by atoms with Gasteiger partial charge in [-0.2, -0.15) is 0 Å². The van der Waals surface area contributed by atoms with Crippen LogP contribution in [0.1, 0.15) is 112 Å². The summed E-state index contributed by atoms with van der Waals surface area (Å²) in [7, 11) is 0. The summed E-state index contributed by atoms with van der Waals surface area (Å²) in [6.07, 6.45) is 14.0. The quantitative estimate of drug-likeness (QED) is 0.0597. The van der Waals surface area contributed by atoms with E-state index >= 15 is 0 Å². The summed E-state index contributed by atoms with van der Waals surface area (Å²) in [6.45, 7) is 13.4. The molecule has 0 aliphatic heterocycles. The summed E-state index contributed by atoms with van der Waals surface area (Å²) in [5.74, 6) is 0. The minimum Gasteiger partial charge on any atom is -0.311 e. The van der Waals surface area contributed by atoms with Crippen LogP contribution in [0.4, 0.5) is 51.2 Å². The van der Waals surface area contributed by atoms with E-state index in [0.717, 1.165) is 88.0 Å². The fourth-order valence-corrected chi connectivity index (χ4v) is 11.0. The van der Waals surface area contributed by atoms with Crippen LogP contribution in [0.5, 0.6) is 0 Å². The molecule has 0 atom stereocenters. The van der Waals surface area contributed by atoms with Crippen molar-refractivity contribution in [1.82, 2.24) is 0 Å². The van der Waals surface area contributed by atoms with Gasteiger partial charge in [-0.05, 0) is 248 Å². The molecule has 0 aliphatic carbocycles. The van der Waals surface area contributed by atoms with Gasteiger partial charge in [-0.3, -0.25) is 0 Å². The van der Waals surface area contributed by atoms with Gasteiger partial charge >= 0.3 is 0 Å². The lowest BCUT2D eigenvalue weighted by atomic mass is 9.93. The molecule has 408 valence electrons. The molecule has 0 saturated carbocycles. The average molecular weight is 1060 g/mol. The molecule has 0 aromatic heterocycles. The third kappa shape index (κ3) is 14.0. The van der Waals surface area contributed by atoms with Crippen LogP contribution in [-0.4, -0.2) is 0 Å². The molecule has 0 heterocycles. The molecule has 0 spiro atoms. The van der Waals surface area contributed by atoms with Gasteiger partial charge in [-0.15, -0.1) is 0 Å². The van der Waals surface area contributed by atoms with Crippen LogP contribution in [-0.2, 0) is 25.7 Å². The van der Waals surface area contributed by atoms with Crippen molar-refractivity contribution in [3.05, 3.63) is 270 Å². The third-order valence-electron chi connectivity index (χ3n) is 15.9. The highest BCUT2D eigenvalue weighted by Crippen LogP contribution is 2.42. The van der Waals surface area contributed by atoms with E-state index in [1.54, 1.807) is 0 Å². The number of rotatable bonds is 24. The molecule has 0 aliphatic rings. The second-order valence-corrected chi connectivity index (χ2v) is 22.2. The Balaban J connectivity index is 1.04. The molecule has 0 fully saturated rings. The van der Waals surface area contributed by atoms with E-state index in [0.29, 0.717) is 0 Å². The van der Waals surface area contributed by atoms with E-state index in [2.05, 4.69) is 293 Å². The lowest BCUT2D eigenvalue weighted by Crippen LogP contribution is -2.10. The molecule has 0 saturated heterocycles. The van der Waals surface area contributed by atoms with Crippen LogP contribution in [0.2, 0.25) is 0 Å². The second-order valence-electron chi connectivity index (χ2n) is 22.2. The normalized spacial score (nSPS) is 11.2. The van der Waals surface area contributed by atoms with Crippen LogP contribution < -0.4 is 14.7 Å². The molecule has 10 aromatic rings. The standard InChI is InChI=1S/C78H81N3/c1-7-11-15-60-23-41-72(42-24-60)79(70-37-19-58(5)20-38-70)76-49-31-64(32-50-76)67-55-68(65-33-51-77(52-34-65)80(71-39-21-59(6)22-40-71)73-43-25-61(26-44-73)16-12-8-2)57-69(56-67)66-35-53-78(54-36-66)81(74-45-27-62(28-46-74)17-13-9-3)75-47-29-63(30-48-75)18-14-10-4/h19-57H,7-18H2,1-6H3. The molecular weight excluding hydrogens is 979 g/mol. The maximum atomic E-state index is 2.41. The van der Waals surface area contributed by atoms with Gasteiger partial charge in [-0.1, -0.05) is 174 Å². The molecule has 10 aromatic carbocycles. The zero-order valence-corrected chi connectivity index (χ0v) is 48.8. The van der Waals surface area contributed by atoms with E-state index in [4.69, 9.17) is 0 Å². The highest BCUT2D eigenvalue weighted by atomic mass is 15.2. The largest absolute Gasteiger partial charge is 0.311 e. The Labute approximate surface area is 485 Å². The zero-order chi connectivity index (χ0) is 55.9. The molecule has 0 radical (unpaired) electrons. The Morgan fingerprint density at radius 1 is 0.210 bits per heavy atom. The lowest BCUT2D eigenvalue weighted by molar-refractivity contribution is 0.795. The Hall–Kier alpha value is -8.40. The Kier molecular flexibility index (Phi) is 18.8. The van der Waals surface area contributed by atoms with Crippen LogP contribution in [0.15, 0.2) is 237 Å². The molecule has 3 nitrogen and oxygen atoms in total. The molecule has 0 unspecified atom stereocenters. The average Bonchev–Trinajstić information content (AvgIpc) is 3.62. The molecule has 0 amide bonds. The van der Waals surface area contributed by atoms with E-state index < -0.39 is 0 Å². The molecule has 81 heavy (non-hydrogen) atoms. The van der Waals surface area contributed by atoms with Crippen molar-refractivity contribution in [2.45, 2.75) is 119 Å². The number of hydrogen-bond acceptors (Lipinski definition) is 3. The highest BCUT2D eigenvalue weighted by molar-refractivity contribution is 5.86. The molecular formula is C78H81N3. The minimum absolute atomic E-state index is 1.10. The van der Waals surface area contributed by atoms with E-state index in [9.17, 15) is 0 Å². The monoisotopic (exact) mass is 1060 g/mol. The van der Waals surface area contributed by atoms with Crippen molar-refractivity contribution in [3.8, 4) is 33.4 Å². The Morgan fingerprint density at radius 3 is 0.568 bits per heavy atom. The number of benzene rings is 10. The van der Waals surface area contributed by atoms with Crippen molar-refractivity contribution in [1.29, 1.82) is 0 Å². The first-order chi connectivity index (χ1) is 39.8. The fourth-order valence-electron chi connectivity index (χ4n) is 11.0. The SMILES string of the molecule is CCCCc1ccc(N(c2ccc(C)cc2)c2ccc(-c3cc(-c4ccc(N(c5ccc(C)cc5)c5ccc(CCCC)cc5)cc4)cc(-c4ccc(N(c5ccc(CCCC)cc5)c5ccc(CCCC)cc5)cc4)c3)cc2)cc1. The van der Waals surface area contributed by atoms with Crippen molar-refractivity contribution in [2.24, 2.45) is 0 Å². The van der Waals surface area contributed by atoms with Gasteiger partial charge in [0, 0.05) is 51.2 Å². The third-order valence-corrected chi connectivity index (χ3v) is 15.9. The predicted octanol–water partition coefficient (Wildman–Crippen LogP) is 23.1. The topological polar surface area (TPSA) is 9.72 Å². The summed E-state index contributed by atoms with van der Waals surface area (Å²) in [5, 5.41) is 0. The van der Waals surface area contributed by atoms with Crippen molar-refractivity contribution >= 4 is 51.2 Å². The van der Waals surface area contributed by atoms with E-state index in [-0.39, 0.29) is 0 Å². The summed E-state index contributed by atoms with van der Waals surface area (Å²) in [5.41, 5.74) is 25.3. The van der Waals surface area contributed by atoms with Crippen molar-refractivity contribution in [3.63, 3.8) is 0 Å². The lowest BCUT2D eigenvalue weighted by Gasteiger charge is -2.26. The van der Waals surface area contributed by atoms with Crippen molar-refractivity contribution < 1.29 is 0 Å². The summed E-state index contributed by atoms with van der Waals surface area (Å²) in [6, 6.07) is 89.2. The van der Waals surface area contributed by atoms with E-state index in [1.807, 2.05) is 0 Å². The number of aryl methyl sites for hydroxylation is 6. The number of hydrogen-bond donors (Lipinski definition) is 0. The zero-order valence-electron chi connectivity index (χ0n) is 48.8. The van der Waals surface area contributed by atoms with Gasteiger partial charge in [0.15, 0.2) is 0 Å². The first-order valence-corrected chi connectivity index (χ1v) is 30.1. The highest BCUT2D eigenvalue weighted by Gasteiger charge is 2.18. The van der Waals surface area contributed by atoms with Crippen LogP contribution >= 0.6 is 0 Å². The number of anilines is 9. The summed E-state index contributed by atoms with van der Waals surface area (Å²) >= 11 is 0. The Bertz CT molecular complexity index is 3310. The van der Waals surface area contributed by atoms with Gasteiger partial charge in [0.05, 0.1) is 0 Å². The van der Waals surface area contributed by atoms with Gasteiger partial charge in [0.25, 0.3) is 0 Å². The van der Waals surface area contributed by atoms with Crippen LogP contribution in [0.25, 0.3) is 33.4 Å². The summed E-state index contributed by atoms with van der Waals surface area (Å²) in [4.78, 5) is 7.16. The molecule has 10 rings (SSSR count). The maximum absolute atomic E-state index is 2.41. The van der Waals surface area contributed by atoms with Crippen LogP contribution in [0, 0.1) is 13.8 Å². The van der Waals surface area contributed by atoms with Crippen LogP contribution in [0.3, 0.4) is 0 Å². The smallest absolute Gasteiger partial charge is 0.0462 e.